The van der Waals surface area contributed by atoms with Crippen molar-refractivity contribution in [2.75, 3.05) is 73.4 Å². The van der Waals surface area contributed by atoms with Crippen LogP contribution in [0.3, 0.4) is 0 Å². The topological polar surface area (TPSA) is 61.7 Å². The first-order valence-corrected chi connectivity index (χ1v) is 37.6. The van der Waals surface area contributed by atoms with Crippen LogP contribution < -0.4 is 4.90 Å². The predicted octanol–water partition coefficient (Wildman–Crippen LogP) is 17.4. The molecule has 6 aromatic carbocycles. The fraction of sp³-hybridized carbons (Fsp3) is 0.364. The van der Waals surface area contributed by atoms with E-state index in [-0.39, 0.29) is 0 Å². The van der Waals surface area contributed by atoms with Crippen molar-refractivity contribution in [3.63, 3.8) is 0 Å². The maximum atomic E-state index is 4.67. The molecule has 7 aromatic heterocycles. The Morgan fingerprint density at radius 1 is 0.390 bits per heavy atom. The number of thiophene rings is 1. The summed E-state index contributed by atoms with van der Waals surface area (Å²) in [6, 6.07) is 56.0. The third-order valence-corrected chi connectivity index (χ3v) is 22.7. The molecule has 0 spiro atoms. The van der Waals surface area contributed by atoms with E-state index in [1.54, 1.807) is 22.5 Å². The first kappa shape index (κ1) is 68.5. The van der Waals surface area contributed by atoms with E-state index >= 15 is 0 Å². The molecule has 4 aliphatic rings. The number of benzene rings is 6. The summed E-state index contributed by atoms with van der Waals surface area (Å²) in [4.78, 5) is 21.2. The number of hydrogen-bond acceptors (Lipinski definition) is 8. The normalized spacial score (nSPS) is 14.9. The monoisotopic (exact) mass is 1350 g/mol. The number of likely N-dealkylation sites (N-methyl/N-ethyl adjacent to an activating group) is 4. The van der Waals surface area contributed by atoms with Crippen molar-refractivity contribution in [3.8, 4) is 0 Å². The zero-order chi connectivity index (χ0) is 69.3. The standard InChI is InChI=1S/C23H29N3.C23H24N2S.2C21H25N3/c1-17-8-9-22-20(14-17)21-16-25(4)12-11-23(21)26(22)13-10-18-6-5-7-19(15-18)24(2)3;1-16-7-8-21-19(13-16)20-14-24(2)11-10-22(20)25(21)12-9-17-15-26-23-6-4-3-5-18(17)23;1-15-5-7-20-18(12-15)19-14-23(3)10-9-21(19)24(20)11-8-17-6-4-16(2)13-22-17;1-15-7-8-20-18(13-15)19-14-23(3)11-10-21(19)24(20)12-9-17-6-4-5-16(2)22-17/h5-9,14-15H,10-13,16H2,1-4H3;3-8,13,15H,9-12,14H2,1-2H3;4-7,12-13H,8-11,14H2,1-3H3;4-8,13H,9-12,14H2,1-3H3. The molecule has 4 aliphatic heterocycles. The Morgan fingerprint density at radius 3 is 1.25 bits per heavy atom. The first-order valence-electron chi connectivity index (χ1n) is 36.7. The van der Waals surface area contributed by atoms with Crippen molar-refractivity contribution in [2.45, 2.75) is 145 Å². The van der Waals surface area contributed by atoms with E-state index < -0.39 is 0 Å². The van der Waals surface area contributed by atoms with Gasteiger partial charge in [0, 0.05) is 231 Å². The van der Waals surface area contributed by atoms with E-state index in [1.807, 2.05) is 17.5 Å². The lowest BCUT2D eigenvalue weighted by molar-refractivity contribution is 0.309. The molecule has 0 aliphatic carbocycles. The van der Waals surface area contributed by atoms with Crippen LogP contribution in [-0.2, 0) is 104 Å². The van der Waals surface area contributed by atoms with E-state index in [0.29, 0.717) is 0 Å². The lowest BCUT2D eigenvalue weighted by atomic mass is 10.0. The summed E-state index contributed by atoms with van der Waals surface area (Å²) in [7, 11) is 13.1. The quantitative estimate of drug-likeness (QED) is 0.114. The second-order valence-electron chi connectivity index (χ2n) is 29.8. The second kappa shape index (κ2) is 29.9. The number of aromatic nitrogens is 6. The van der Waals surface area contributed by atoms with E-state index in [4.69, 9.17) is 0 Å². The third kappa shape index (κ3) is 14.8. The second-order valence-corrected chi connectivity index (χ2v) is 30.7. The first-order chi connectivity index (χ1) is 48.5. The summed E-state index contributed by atoms with van der Waals surface area (Å²) in [6.07, 6.45) is 10.7. The van der Waals surface area contributed by atoms with Crippen LogP contribution >= 0.6 is 11.3 Å². The minimum atomic E-state index is 0.986. The van der Waals surface area contributed by atoms with Gasteiger partial charge in [-0.05, 0) is 217 Å². The Hall–Kier alpha value is -8.62. The van der Waals surface area contributed by atoms with E-state index in [2.05, 4.69) is 294 Å². The fourth-order valence-electron chi connectivity index (χ4n) is 16.3. The molecule has 0 unspecified atom stereocenters. The Kier molecular flexibility index (Phi) is 20.5. The highest BCUT2D eigenvalue weighted by Crippen LogP contribution is 2.37. The van der Waals surface area contributed by atoms with Crippen LogP contribution in [0.15, 0.2) is 163 Å². The molecule has 0 atom stereocenters. The van der Waals surface area contributed by atoms with Crippen LogP contribution in [0.25, 0.3) is 53.7 Å². The number of nitrogens with zero attached hydrogens (tertiary/aromatic N) is 11. The summed E-state index contributed by atoms with van der Waals surface area (Å²) in [5.74, 6) is 0. The van der Waals surface area contributed by atoms with Gasteiger partial charge in [-0.1, -0.05) is 89.0 Å². The van der Waals surface area contributed by atoms with E-state index in [1.165, 1.54) is 132 Å². The van der Waals surface area contributed by atoms with Gasteiger partial charge < -0.3 is 42.8 Å². The maximum absolute atomic E-state index is 4.67. The number of anilines is 1. The fourth-order valence-corrected chi connectivity index (χ4v) is 17.3. The Bertz CT molecular complexity index is 5070. The summed E-state index contributed by atoms with van der Waals surface area (Å²) in [5, 5.41) is 9.57. The third-order valence-electron chi connectivity index (χ3n) is 21.7. The smallest absolute Gasteiger partial charge is 0.0486 e. The molecule has 0 bridgehead atoms. The number of aryl methyl sites for hydroxylation is 14. The highest BCUT2D eigenvalue weighted by atomic mass is 32.1. The van der Waals surface area contributed by atoms with Crippen molar-refractivity contribution in [1.29, 1.82) is 0 Å². The Morgan fingerprint density at radius 2 is 0.810 bits per heavy atom. The number of fused-ring (bicyclic) bond motifs is 13. The van der Waals surface area contributed by atoms with Crippen LogP contribution in [0.1, 0.15) is 101 Å². The van der Waals surface area contributed by atoms with Gasteiger partial charge in [0.15, 0.2) is 0 Å². The zero-order valence-corrected chi connectivity index (χ0v) is 62.4. The molecule has 12 heteroatoms. The molecule has 0 saturated heterocycles. The molecule has 11 nitrogen and oxygen atoms in total. The summed E-state index contributed by atoms with van der Waals surface area (Å²) in [6.45, 7) is 25.9. The van der Waals surface area contributed by atoms with Gasteiger partial charge in [-0.25, -0.2) is 0 Å². The van der Waals surface area contributed by atoms with Crippen LogP contribution in [0.5, 0.6) is 0 Å². The number of rotatable bonds is 13. The van der Waals surface area contributed by atoms with Crippen LogP contribution in [0.2, 0.25) is 0 Å². The van der Waals surface area contributed by atoms with Crippen molar-refractivity contribution in [3.05, 3.63) is 264 Å². The SMILES string of the molecule is Cc1ccc(CCn2c3c(c4cc(C)ccc42)CN(C)CC3)nc1.Cc1ccc2c(c1)c1c(n2CCc2cccc(C)n2)CCN(C)C1.Cc1ccc2c(c1)c1c(n2CCc2cccc(N(C)C)c2)CCN(C)C1.Cc1ccc2c(c1)c1c(n2CCc2csc3ccccc23)CCN(C)C1. The Labute approximate surface area is 597 Å². The lowest BCUT2D eigenvalue weighted by Crippen LogP contribution is -2.27. The van der Waals surface area contributed by atoms with Crippen molar-refractivity contribution >= 4 is 70.7 Å². The van der Waals surface area contributed by atoms with Gasteiger partial charge in [-0.2, -0.15) is 0 Å². The molecule has 0 radical (unpaired) electrons. The average molecular weight is 1350 g/mol. The minimum Gasteiger partial charge on any atom is -0.378 e. The van der Waals surface area contributed by atoms with Gasteiger partial charge in [0.05, 0.1) is 0 Å². The van der Waals surface area contributed by atoms with Gasteiger partial charge in [0.1, 0.15) is 0 Å². The molecule has 0 saturated carbocycles. The number of hydrogen-bond donors (Lipinski definition) is 0. The molecule has 17 rings (SSSR count). The average Bonchev–Trinajstić information content (AvgIpc) is 1.63. The van der Waals surface area contributed by atoms with Crippen molar-refractivity contribution in [1.82, 2.24) is 47.8 Å². The zero-order valence-electron chi connectivity index (χ0n) is 61.6. The van der Waals surface area contributed by atoms with Gasteiger partial charge in [0.25, 0.3) is 0 Å². The summed E-state index contributed by atoms with van der Waals surface area (Å²) >= 11 is 1.87. The molecule has 0 fully saturated rings. The molecule has 516 valence electrons. The van der Waals surface area contributed by atoms with Gasteiger partial charge in [-0.15, -0.1) is 11.3 Å². The summed E-state index contributed by atoms with van der Waals surface area (Å²) in [5.41, 5.74) is 32.1. The summed E-state index contributed by atoms with van der Waals surface area (Å²) < 4.78 is 11.7. The van der Waals surface area contributed by atoms with Crippen LogP contribution in [0, 0.1) is 41.5 Å². The van der Waals surface area contributed by atoms with Crippen molar-refractivity contribution < 1.29 is 0 Å². The number of pyridine rings is 2. The highest BCUT2D eigenvalue weighted by molar-refractivity contribution is 7.17. The molecule has 0 N–H and O–H groups in total. The lowest BCUT2D eigenvalue weighted by Gasteiger charge is -2.24. The molecule has 11 heterocycles. The molecule has 0 amide bonds. The predicted molar refractivity (Wildman–Crippen MR) is 422 cm³/mol. The van der Waals surface area contributed by atoms with Gasteiger partial charge >= 0.3 is 0 Å². The molecular formula is C88H103N11S. The van der Waals surface area contributed by atoms with Crippen LogP contribution in [-0.4, -0.2) is 116 Å². The minimum absolute atomic E-state index is 0.986. The van der Waals surface area contributed by atoms with Gasteiger partial charge in [-0.3, -0.25) is 9.97 Å². The van der Waals surface area contributed by atoms with E-state index in [9.17, 15) is 0 Å². The van der Waals surface area contributed by atoms with E-state index in [0.717, 1.165) is 136 Å². The van der Waals surface area contributed by atoms with Crippen molar-refractivity contribution in [2.24, 2.45) is 0 Å². The Balaban J connectivity index is 0.000000114. The maximum Gasteiger partial charge on any atom is 0.0486 e. The van der Waals surface area contributed by atoms with Gasteiger partial charge in [0.2, 0.25) is 0 Å². The van der Waals surface area contributed by atoms with Crippen LogP contribution in [0.4, 0.5) is 5.69 Å². The molecule has 13 aromatic rings. The largest absolute Gasteiger partial charge is 0.378 e. The highest BCUT2D eigenvalue weighted by Gasteiger charge is 2.27. The molecular weight excluding hydrogens is 1240 g/mol. The molecule has 100 heavy (non-hydrogen) atoms.